The standard InChI is InChI=1S/C23H30F2N2/c1-7-11-12-18(8-2)20(9-3)16(5)22(14-26)21-13-19(15-27-17(21)6)23(24,25)10-4/h7,11-13,15,20H,8-10H2,1-6H3. The van der Waals surface area contributed by atoms with Crippen molar-refractivity contribution in [2.75, 3.05) is 0 Å². The maximum Gasteiger partial charge on any atom is 0.274 e. The molecule has 0 bridgehead atoms. The van der Waals surface area contributed by atoms with Crippen molar-refractivity contribution < 1.29 is 8.78 Å². The van der Waals surface area contributed by atoms with Crippen molar-refractivity contribution in [2.45, 2.75) is 66.7 Å². The van der Waals surface area contributed by atoms with Gasteiger partial charge in [0.15, 0.2) is 0 Å². The van der Waals surface area contributed by atoms with Crippen molar-refractivity contribution >= 4 is 5.57 Å². The highest BCUT2D eigenvalue weighted by Crippen LogP contribution is 2.36. The van der Waals surface area contributed by atoms with Crippen LogP contribution in [-0.4, -0.2) is 4.98 Å². The molecule has 1 atom stereocenters. The zero-order valence-corrected chi connectivity index (χ0v) is 17.2. The fourth-order valence-electron chi connectivity index (χ4n) is 3.27. The van der Waals surface area contributed by atoms with Gasteiger partial charge in [-0.25, -0.2) is 8.78 Å². The second kappa shape index (κ2) is 10.2. The number of rotatable bonds is 8. The molecule has 0 fully saturated rings. The van der Waals surface area contributed by atoms with E-state index in [2.05, 4.69) is 31.0 Å². The van der Waals surface area contributed by atoms with Gasteiger partial charge in [0.05, 0.1) is 11.6 Å². The average Bonchev–Trinajstić information content (AvgIpc) is 2.66. The molecule has 0 spiro atoms. The molecule has 0 aliphatic rings. The first-order valence-electron chi connectivity index (χ1n) is 9.55. The molecule has 1 unspecified atom stereocenters. The molecule has 0 aliphatic carbocycles. The van der Waals surface area contributed by atoms with Crippen molar-refractivity contribution in [3.8, 4) is 6.07 Å². The number of nitriles is 1. The van der Waals surface area contributed by atoms with Crippen LogP contribution in [0, 0.1) is 24.2 Å². The quantitative estimate of drug-likeness (QED) is 0.359. The third kappa shape index (κ3) is 5.35. The van der Waals surface area contributed by atoms with Gasteiger partial charge in [-0.2, -0.15) is 5.26 Å². The highest BCUT2D eigenvalue weighted by Gasteiger charge is 2.30. The topological polar surface area (TPSA) is 36.7 Å². The number of halogens is 2. The van der Waals surface area contributed by atoms with E-state index in [1.807, 2.05) is 26.0 Å². The lowest BCUT2D eigenvalue weighted by molar-refractivity contribution is -0.00865. The number of aromatic nitrogens is 1. The predicted molar refractivity (Wildman–Crippen MR) is 108 cm³/mol. The third-order valence-electron chi connectivity index (χ3n) is 5.02. The summed E-state index contributed by atoms with van der Waals surface area (Å²) in [6, 6.07) is 3.69. The second-order valence-corrected chi connectivity index (χ2v) is 6.67. The van der Waals surface area contributed by atoms with Gasteiger partial charge in [-0.1, -0.05) is 44.6 Å². The molecule has 0 saturated heterocycles. The van der Waals surface area contributed by atoms with E-state index in [9.17, 15) is 14.0 Å². The molecule has 0 radical (unpaired) electrons. The smallest absolute Gasteiger partial charge is 0.260 e. The van der Waals surface area contributed by atoms with Crippen LogP contribution in [0.1, 0.15) is 70.7 Å². The summed E-state index contributed by atoms with van der Waals surface area (Å²) in [4.78, 5) is 4.15. The molecular weight excluding hydrogens is 342 g/mol. The van der Waals surface area contributed by atoms with E-state index >= 15 is 0 Å². The molecule has 2 nitrogen and oxygen atoms in total. The third-order valence-corrected chi connectivity index (χ3v) is 5.02. The summed E-state index contributed by atoms with van der Waals surface area (Å²) in [5.41, 5.74) is 3.52. The summed E-state index contributed by atoms with van der Waals surface area (Å²) in [5, 5.41) is 9.84. The van der Waals surface area contributed by atoms with Gasteiger partial charge >= 0.3 is 0 Å². The van der Waals surface area contributed by atoms with E-state index < -0.39 is 5.92 Å². The Bertz CT molecular complexity index is 780. The fourth-order valence-corrected chi connectivity index (χ4v) is 3.27. The van der Waals surface area contributed by atoms with Crippen molar-refractivity contribution in [2.24, 2.45) is 5.92 Å². The van der Waals surface area contributed by atoms with Gasteiger partial charge in [0.1, 0.15) is 0 Å². The number of hydrogen-bond donors (Lipinski definition) is 0. The van der Waals surface area contributed by atoms with Gasteiger partial charge in [0.2, 0.25) is 0 Å². The minimum Gasteiger partial charge on any atom is -0.260 e. The molecule has 0 amide bonds. The predicted octanol–water partition coefficient (Wildman–Crippen LogP) is 7.13. The van der Waals surface area contributed by atoms with E-state index in [1.54, 1.807) is 6.92 Å². The van der Waals surface area contributed by atoms with Gasteiger partial charge in [-0.15, -0.1) is 0 Å². The van der Waals surface area contributed by atoms with Crippen LogP contribution < -0.4 is 0 Å². The maximum atomic E-state index is 14.2. The summed E-state index contributed by atoms with van der Waals surface area (Å²) in [6.07, 6.45) is 8.67. The van der Waals surface area contributed by atoms with Crippen molar-refractivity contribution in [1.82, 2.24) is 4.98 Å². The Morgan fingerprint density at radius 2 is 2.00 bits per heavy atom. The first-order chi connectivity index (χ1) is 12.8. The summed E-state index contributed by atoms with van der Waals surface area (Å²) in [6.45, 7) is 11.3. The Hall–Kier alpha value is -2.28. The Balaban J connectivity index is 3.60. The number of pyridine rings is 1. The molecule has 4 heteroatoms. The van der Waals surface area contributed by atoms with Crippen molar-refractivity contribution in [3.63, 3.8) is 0 Å². The number of allylic oxidation sites excluding steroid dienone is 6. The second-order valence-electron chi connectivity index (χ2n) is 6.67. The van der Waals surface area contributed by atoms with Gasteiger partial charge < -0.3 is 0 Å². The van der Waals surface area contributed by atoms with Gasteiger partial charge in [-0.05, 0) is 45.3 Å². The molecule has 1 aromatic heterocycles. The molecule has 146 valence electrons. The number of nitrogens with zero attached hydrogens (tertiary/aromatic N) is 2. The first-order valence-corrected chi connectivity index (χ1v) is 9.55. The molecule has 0 aromatic carbocycles. The van der Waals surface area contributed by atoms with Crippen LogP contribution in [0.15, 0.2) is 41.6 Å². The Morgan fingerprint density at radius 1 is 1.33 bits per heavy atom. The van der Waals surface area contributed by atoms with Crippen molar-refractivity contribution in [3.05, 3.63) is 58.5 Å². The number of hydrogen-bond acceptors (Lipinski definition) is 2. The van der Waals surface area contributed by atoms with Gasteiger partial charge in [0.25, 0.3) is 5.92 Å². The first kappa shape index (κ1) is 22.8. The summed E-state index contributed by atoms with van der Waals surface area (Å²) < 4.78 is 28.3. The van der Waals surface area contributed by atoms with E-state index in [0.29, 0.717) is 16.8 Å². The van der Waals surface area contributed by atoms with Crippen LogP contribution in [0.5, 0.6) is 0 Å². The fraction of sp³-hybridized carbons (Fsp3) is 0.478. The SMILES string of the molecule is CC=CC=C(CC)C(CC)C(C)=C(C#N)c1cc(C(F)(F)CC)cnc1C. The van der Waals surface area contributed by atoms with Crippen LogP contribution in [0.4, 0.5) is 8.78 Å². The molecule has 27 heavy (non-hydrogen) atoms. The zero-order chi connectivity index (χ0) is 20.6. The Kier molecular flexibility index (Phi) is 8.56. The number of alkyl halides is 2. The van der Waals surface area contributed by atoms with E-state index in [-0.39, 0.29) is 17.9 Å². The van der Waals surface area contributed by atoms with Gasteiger partial charge in [-0.3, -0.25) is 4.98 Å². The Morgan fingerprint density at radius 3 is 2.48 bits per heavy atom. The van der Waals surface area contributed by atoms with Crippen LogP contribution in [0.2, 0.25) is 0 Å². The van der Waals surface area contributed by atoms with E-state index in [0.717, 1.165) is 18.4 Å². The summed E-state index contributed by atoms with van der Waals surface area (Å²) >= 11 is 0. The molecule has 0 N–H and O–H groups in total. The Labute approximate surface area is 162 Å². The normalized spacial score (nSPS) is 14.9. The molecule has 1 rings (SSSR count). The highest BCUT2D eigenvalue weighted by molar-refractivity contribution is 5.81. The van der Waals surface area contributed by atoms with Crippen LogP contribution in [0.25, 0.3) is 5.57 Å². The lowest BCUT2D eigenvalue weighted by atomic mass is 9.83. The lowest BCUT2D eigenvalue weighted by Crippen LogP contribution is -2.13. The van der Waals surface area contributed by atoms with E-state index in [1.165, 1.54) is 24.8 Å². The minimum atomic E-state index is -2.95. The summed E-state index contributed by atoms with van der Waals surface area (Å²) in [7, 11) is 0. The number of aryl methyl sites for hydroxylation is 1. The highest BCUT2D eigenvalue weighted by atomic mass is 19.3. The van der Waals surface area contributed by atoms with E-state index in [4.69, 9.17) is 0 Å². The maximum absolute atomic E-state index is 14.2. The molecule has 0 saturated carbocycles. The molecule has 1 heterocycles. The van der Waals surface area contributed by atoms with Crippen LogP contribution >= 0.6 is 0 Å². The monoisotopic (exact) mass is 372 g/mol. The minimum absolute atomic E-state index is 0.0931. The molecular formula is C23H30F2N2. The largest absolute Gasteiger partial charge is 0.274 e. The van der Waals surface area contributed by atoms with Crippen LogP contribution in [-0.2, 0) is 5.92 Å². The lowest BCUT2D eigenvalue weighted by Gasteiger charge is -2.22. The van der Waals surface area contributed by atoms with Crippen LogP contribution in [0.3, 0.4) is 0 Å². The summed E-state index contributed by atoms with van der Waals surface area (Å²) in [5.74, 6) is -2.86. The van der Waals surface area contributed by atoms with Gasteiger partial charge in [0, 0.05) is 35.4 Å². The van der Waals surface area contributed by atoms with Crippen molar-refractivity contribution in [1.29, 1.82) is 5.26 Å². The molecule has 1 aromatic rings. The molecule has 0 aliphatic heterocycles. The average molecular weight is 373 g/mol. The zero-order valence-electron chi connectivity index (χ0n) is 17.2.